The van der Waals surface area contributed by atoms with Gasteiger partial charge in [0.1, 0.15) is 0 Å². The molecule has 1 aliphatic rings. The highest BCUT2D eigenvalue weighted by Crippen LogP contribution is 2.15. The van der Waals surface area contributed by atoms with Gasteiger partial charge in [0.05, 0.1) is 13.2 Å². The lowest BCUT2D eigenvalue weighted by atomic mass is 10.1. The summed E-state index contributed by atoms with van der Waals surface area (Å²) in [5.74, 6) is -0.237. The third-order valence-corrected chi connectivity index (χ3v) is 3.14. The summed E-state index contributed by atoms with van der Waals surface area (Å²) in [6.07, 6.45) is 5.18. The van der Waals surface area contributed by atoms with Gasteiger partial charge in [0.25, 0.3) is 0 Å². The van der Waals surface area contributed by atoms with E-state index >= 15 is 0 Å². The Morgan fingerprint density at radius 3 is 2.94 bits per heavy atom. The molecule has 0 amide bonds. The van der Waals surface area contributed by atoms with E-state index in [1.165, 1.54) is 7.11 Å². The summed E-state index contributed by atoms with van der Waals surface area (Å²) >= 11 is 0. The Morgan fingerprint density at radius 1 is 1.65 bits per heavy atom. The number of carbonyl (C=O) groups excluding carboxylic acids is 1. The molecule has 0 aromatic heterocycles. The number of rotatable bonds is 6. The Kier molecular flexibility index (Phi) is 6.22. The number of ether oxygens (including phenoxy) is 2. The van der Waals surface area contributed by atoms with E-state index in [1.54, 1.807) is 0 Å². The maximum absolute atomic E-state index is 11.3. The zero-order chi connectivity index (χ0) is 12.7. The van der Waals surface area contributed by atoms with Gasteiger partial charge in [-0.3, -0.25) is 0 Å². The van der Waals surface area contributed by atoms with Crippen molar-refractivity contribution < 1.29 is 14.3 Å². The zero-order valence-corrected chi connectivity index (χ0v) is 11.0. The van der Waals surface area contributed by atoms with Gasteiger partial charge >= 0.3 is 5.97 Å². The van der Waals surface area contributed by atoms with E-state index < -0.39 is 0 Å². The van der Waals surface area contributed by atoms with Gasteiger partial charge in [-0.05, 0) is 26.2 Å². The van der Waals surface area contributed by atoms with Gasteiger partial charge in [0.2, 0.25) is 0 Å². The Hall–Kier alpha value is -0.870. The van der Waals surface area contributed by atoms with E-state index in [4.69, 9.17) is 9.47 Å². The topological polar surface area (TPSA) is 47.6 Å². The molecule has 0 spiro atoms. The van der Waals surface area contributed by atoms with E-state index in [0.717, 1.165) is 25.0 Å². The molecule has 4 heteroatoms. The Labute approximate surface area is 103 Å². The highest BCUT2D eigenvalue weighted by molar-refractivity contribution is 5.88. The Morgan fingerprint density at radius 2 is 2.41 bits per heavy atom. The standard InChI is InChI=1S/C13H23NO3/c1-4-11(13(15)16-3)7-8-14-10(2)12-6-5-9-17-12/h7,10,12,14H,4-6,8-9H2,1-3H3. The molecule has 1 saturated heterocycles. The van der Waals surface area contributed by atoms with E-state index in [2.05, 4.69) is 12.2 Å². The molecule has 1 rings (SSSR count). The van der Waals surface area contributed by atoms with Crippen LogP contribution in [0.5, 0.6) is 0 Å². The summed E-state index contributed by atoms with van der Waals surface area (Å²) in [5.41, 5.74) is 0.722. The number of hydrogen-bond acceptors (Lipinski definition) is 4. The summed E-state index contributed by atoms with van der Waals surface area (Å²) in [4.78, 5) is 11.3. The van der Waals surface area contributed by atoms with Gasteiger partial charge in [0.15, 0.2) is 0 Å². The molecule has 98 valence electrons. The molecule has 17 heavy (non-hydrogen) atoms. The molecule has 0 aromatic carbocycles. The summed E-state index contributed by atoms with van der Waals surface area (Å²) in [7, 11) is 1.41. The second kappa shape index (κ2) is 7.45. The first-order chi connectivity index (χ1) is 8.19. The van der Waals surface area contributed by atoms with Gasteiger partial charge in [-0.25, -0.2) is 4.79 Å². The van der Waals surface area contributed by atoms with Crippen molar-refractivity contribution in [2.24, 2.45) is 0 Å². The van der Waals surface area contributed by atoms with E-state index in [9.17, 15) is 4.79 Å². The minimum absolute atomic E-state index is 0.237. The van der Waals surface area contributed by atoms with Crippen LogP contribution in [0, 0.1) is 0 Å². The van der Waals surface area contributed by atoms with Gasteiger partial charge in [-0.1, -0.05) is 13.0 Å². The summed E-state index contributed by atoms with van der Waals surface area (Å²) in [5, 5.41) is 3.36. The van der Waals surface area contributed by atoms with Crippen molar-refractivity contribution in [3.05, 3.63) is 11.6 Å². The lowest BCUT2D eigenvalue weighted by Gasteiger charge is -2.19. The molecule has 0 bridgehead atoms. The normalized spacial score (nSPS) is 22.5. The fourth-order valence-electron chi connectivity index (χ4n) is 2.00. The number of methoxy groups -OCH3 is 1. The molecule has 1 N–H and O–H groups in total. The van der Waals surface area contributed by atoms with Crippen molar-refractivity contribution in [1.82, 2.24) is 5.32 Å². The largest absolute Gasteiger partial charge is 0.466 e. The van der Waals surface area contributed by atoms with Crippen LogP contribution < -0.4 is 5.32 Å². The Bertz CT molecular complexity index is 270. The molecule has 4 nitrogen and oxygen atoms in total. The number of hydrogen-bond donors (Lipinski definition) is 1. The van der Waals surface area contributed by atoms with Gasteiger partial charge in [0, 0.05) is 24.8 Å². The first-order valence-corrected chi connectivity index (χ1v) is 6.31. The highest BCUT2D eigenvalue weighted by Gasteiger charge is 2.21. The summed E-state index contributed by atoms with van der Waals surface area (Å²) < 4.78 is 10.3. The molecular weight excluding hydrogens is 218 g/mol. The summed E-state index contributed by atoms with van der Waals surface area (Å²) in [6.45, 7) is 5.62. The van der Waals surface area contributed by atoms with E-state index in [-0.39, 0.29) is 5.97 Å². The highest BCUT2D eigenvalue weighted by atomic mass is 16.5. The molecule has 2 unspecified atom stereocenters. The van der Waals surface area contributed by atoms with Crippen molar-refractivity contribution >= 4 is 5.97 Å². The summed E-state index contributed by atoms with van der Waals surface area (Å²) in [6, 6.07) is 0.324. The van der Waals surface area contributed by atoms with Crippen molar-refractivity contribution in [2.75, 3.05) is 20.3 Å². The van der Waals surface area contributed by atoms with Crippen LogP contribution >= 0.6 is 0 Å². The lowest BCUT2D eigenvalue weighted by Crippen LogP contribution is -2.37. The number of carbonyl (C=O) groups is 1. The zero-order valence-electron chi connectivity index (χ0n) is 11.0. The van der Waals surface area contributed by atoms with E-state index in [0.29, 0.717) is 25.1 Å². The average molecular weight is 241 g/mol. The number of esters is 1. The Balaban J connectivity index is 2.33. The molecule has 1 aliphatic heterocycles. The maximum atomic E-state index is 11.3. The quantitative estimate of drug-likeness (QED) is 0.567. The fourth-order valence-corrected chi connectivity index (χ4v) is 2.00. The maximum Gasteiger partial charge on any atom is 0.333 e. The minimum Gasteiger partial charge on any atom is -0.466 e. The smallest absolute Gasteiger partial charge is 0.333 e. The first kappa shape index (κ1) is 14.2. The van der Waals surface area contributed by atoms with E-state index in [1.807, 2.05) is 13.0 Å². The second-order valence-electron chi connectivity index (χ2n) is 4.32. The van der Waals surface area contributed by atoms with Gasteiger partial charge in [-0.15, -0.1) is 0 Å². The molecule has 0 aromatic rings. The lowest BCUT2D eigenvalue weighted by molar-refractivity contribution is -0.136. The van der Waals surface area contributed by atoms with Crippen molar-refractivity contribution in [3.8, 4) is 0 Å². The number of nitrogens with one attached hydrogen (secondary N) is 1. The van der Waals surface area contributed by atoms with Gasteiger partial charge < -0.3 is 14.8 Å². The molecule has 1 heterocycles. The average Bonchev–Trinajstić information content (AvgIpc) is 2.87. The van der Waals surface area contributed by atoms with Crippen LogP contribution in [0.3, 0.4) is 0 Å². The predicted octanol–water partition coefficient (Wildman–Crippen LogP) is 1.65. The SMILES string of the molecule is CCC(=CCNC(C)C1CCCO1)C(=O)OC. The first-order valence-electron chi connectivity index (χ1n) is 6.31. The third-order valence-electron chi connectivity index (χ3n) is 3.14. The molecule has 1 fully saturated rings. The molecular formula is C13H23NO3. The van der Waals surface area contributed by atoms with Crippen LogP contribution in [0.1, 0.15) is 33.1 Å². The molecule has 0 saturated carbocycles. The van der Waals surface area contributed by atoms with Crippen molar-refractivity contribution in [2.45, 2.75) is 45.3 Å². The minimum atomic E-state index is -0.237. The monoisotopic (exact) mass is 241 g/mol. The van der Waals surface area contributed by atoms with Gasteiger partial charge in [-0.2, -0.15) is 0 Å². The second-order valence-corrected chi connectivity index (χ2v) is 4.32. The molecule has 0 aliphatic carbocycles. The van der Waals surface area contributed by atoms with Crippen LogP contribution in [0.25, 0.3) is 0 Å². The van der Waals surface area contributed by atoms with Crippen LogP contribution in [0.4, 0.5) is 0 Å². The van der Waals surface area contributed by atoms with Crippen LogP contribution in [0.15, 0.2) is 11.6 Å². The molecule has 0 radical (unpaired) electrons. The van der Waals surface area contributed by atoms with Crippen LogP contribution in [-0.4, -0.2) is 38.4 Å². The fraction of sp³-hybridized carbons (Fsp3) is 0.769. The van der Waals surface area contributed by atoms with Crippen molar-refractivity contribution in [1.29, 1.82) is 0 Å². The molecule has 2 atom stereocenters. The van der Waals surface area contributed by atoms with Crippen LogP contribution in [0.2, 0.25) is 0 Å². The van der Waals surface area contributed by atoms with Crippen LogP contribution in [-0.2, 0) is 14.3 Å². The predicted molar refractivity (Wildman–Crippen MR) is 66.8 cm³/mol. The van der Waals surface area contributed by atoms with Crippen molar-refractivity contribution in [3.63, 3.8) is 0 Å². The third kappa shape index (κ3) is 4.48.